The van der Waals surface area contributed by atoms with Crippen molar-refractivity contribution in [3.8, 4) is 0 Å². The lowest BCUT2D eigenvalue weighted by atomic mass is 10.0. The molecule has 1 atom stereocenters. The average Bonchev–Trinajstić information content (AvgIpc) is 3.42. The van der Waals surface area contributed by atoms with E-state index in [9.17, 15) is 14.4 Å². The predicted octanol–water partition coefficient (Wildman–Crippen LogP) is 22.0. The van der Waals surface area contributed by atoms with Crippen molar-refractivity contribution in [2.75, 3.05) is 13.2 Å². The topological polar surface area (TPSA) is 78.9 Å². The van der Waals surface area contributed by atoms with Crippen molar-refractivity contribution in [3.05, 3.63) is 97.2 Å². The maximum atomic E-state index is 12.9. The summed E-state index contributed by atoms with van der Waals surface area (Å²) >= 11 is 0. The second kappa shape index (κ2) is 63.9. The molecule has 0 aromatic rings. The maximum absolute atomic E-state index is 12.9. The Kier molecular flexibility index (Phi) is 60.8. The molecule has 0 bridgehead atoms. The van der Waals surface area contributed by atoms with Crippen LogP contribution in [0.15, 0.2) is 97.2 Å². The Morgan fingerprint density at radius 3 is 0.934 bits per heavy atom. The monoisotopic (exact) mass is 1060 g/mol. The number of allylic oxidation sites excluding steroid dienone is 15. The van der Waals surface area contributed by atoms with E-state index < -0.39 is 12.1 Å². The van der Waals surface area contributed by atoms with Crippen molar-refractivity contribution >= 4 is 17.9 Å². The third kappa shape index (κ3) is 61.2. The van der Waals surface area contributed by atoms with Crippen LogP contribution in [0.2, 0.25) is 0 Å². The molecule has 76 heavy (non-hydrogen) atoms. The van der Waals surface area contributed by atoms with Gasteiger partial charge in [-0.25, -0.2) is 0 Å². The Hall–Kier alpha value is -3.67. The van der Waals surface area contributed by atoms with E-state index in [4.69, 9.17) is 14.2 Å². The minimum absolute atomic E-state index is 0.109. The van der Waals surface area contributed by atoms with Gasteiger partial charge < -0.3 is 14.2 Å². The van der Waals surface area contributed by atoms with Gasteiger partial charge in [-0.2, -0.15) is 0 Å². The third-order valence-electron chi connectivity index (χ3n) is 13.8. The summed E-state index contributed by atoms with van der Waals surface area (Å²) in [6, 6.07) is 0. The molecule has 0 aliphatic rings. The number of rotatable bonds is 58. The lowest BCUT2D eigenvalue weighted by Gasteiger charge is -2.18. The number of unbranched alkanes of at least 4 members (excludes halogenated alkanes) is 32. The Morgan fingerprint density at radius 2 is 0.566 bits per heavy atom. The highest BCUT2D eigenvalue weighted by Gasteiger charge is 2.19. The Morgan fingerprint density at radius 1 is 0.289 bits per heavy atom. The summed E-state index contributed by atoms with van der Waals surface area (Å²) in [5.41, 5.74) is 0. The minimum atomic E-state index is -0.821. The second-order valence-electron chi connectivity index (χ2n) is 21.3. The summed E-state index contributed by atoms with van der Waals surface area (Å²) < 4.78 is 16.8. The SMILES string of the molecule is CC/C=C\C/C=C\C/C=C\C/C=C\C/C=C\CC(=O)OCC(COC(=O)CCCCCCCCCCCCCCC/C=C\C/C=C\CCCCCCC)OC(=O)CCCCCCCCC/C=C\CCCCCCCCC. The highest BCUT2D eigenvalue weighted by Crippen LogP contribution is 2.16. The van der Waals surface area contributed by atoms with E-state index in [0.29, 0.717) is 12.8 Å². The van der Waals surface area contributed by atoms with Gasteiger partial charge in [-0.15, -0.1) is 0 Å². The third-order valence-corrected chi connectivity index (χ3v) is 13.8. The molecule has 0 aromatic heterocycles. The summed E-state index contributed by atoms with van der Waals surface area (Å²) in [4.78, 5) is 38.2. The van der Waals surface area contributed by atoms with Crippen LogP contribution in [0.1, 0.15) is 310 Å². The Labute approximate surface area is 470 Å². The molecule has 0 saturated carbocycles. The standard InChI is InChI=1S/C70H120O6/c1-4-7-10-13-16-19-22-25-28-30-32-33-34-35-36-37-38-40-42-45-48-51-54-57-60-63-69(72)75-66-67(65-74-68(71)62-59-56-53-50-47-44-41-27-24-21-18-15-12-9-6-3)76-70(73)64-61-58-55-52-49-46-43-39-31-29-26-23-20-17-14-11-8-5-2/h9,12,18,21-22,25,27,29-32,41,47,50,56,59,67H,4-8,10-11,13-17,19-20,23-24,26,28,33-40,42-46,48-49,51-55,57-58,60-66H2,1-3H3/b12-9-,21-18-,25-22-,31-29-,32-30-,41-27-,50-47-,59-56-. The van der Waals surface area contributed by atoms with Crippen LogP contribution >= 0.6 is 0 Å². The van der Waals surface area contributed by atoms with Crippen LogP contribution < -0.4 is 0 Å². The molecular weight excluding hydrogens is 937 g/mol. The van der Waals surface area contributed by atoms with Gasteiger partial charge in [0, 0.05) is 12.8 Å². The predicted molar refractivity (Wildman–Crippen MR) is 330 cm³/mol. The zero-order valence-corrected chi connectivity index (χ0v) is 50.0. The molecular formula is C70H120O6. The van der Waals surface area contributed by atoms with E-state index >= 15 is 0 Å². The van der Waals surface area contributed by atoms with E-state index in [2.05, 4.69) is 106 Å². The molecule has 0 radical (unpaired) electrons. The highest BCUT2D eigenvalue weighted by atomic mass is 16.6. The van der Waals surface area contributed by atoms with E-state index in [1.165, 1.54) is 193 Å². The maximum Gasteiger partial charge on any atom is 0.309 e. The number of hydrogen-bond acceptors (Lipinski definition) is 6. The van der Waals surface area contributed by atoms with Crippen LogP contribution in [0.3, 0.4) is 0 Å². The van der Waals surface area contributed by atoms with Crippen molar-refractivity contribution in [2.45, 2.75) is 316 Å². The lowest BCUT2D eigenvalue weighted by molar-refractivity contribution is -0.166. The average molecular weight is 1060 g/mol. The van der Waals surface area contributed by atoms with Crippen LogP contribution in [0, 0.1) is 0 Å². The van der Waals surface area contributed by atoms with E-state index in [-0.39, 0.29) is 31.6 Å². The summed E-state index contributed by atoms with van der Waals surface area (Å²) in [5, 5.41) is 0. The first kappa shape index (κ1) is 72.3. The molecule has 6 heteroatoms. The van der Waals surface area contributed by atoms with Gasteiger partial charge in [0.25, 0.3) is 0 Å². The molecule has 0 rings (SSSR count). The first-order chi connectivity index (χ1) is 37.5. The fourth-order valence-corrected chi connectivity index (χ4v) is 9.01. The van der Waals surface area contributed by atoms with Crippen molar-refractivity contribution < 1.29 is 28.6 Å². The van der Waals surface area contributed by atoms with Gasteiger partial charge >= 0.3 is 17.9 Å². The van der Waals surface area contributed by atoms with Crippen molar-refractivity contribution in [3.63, 3.8) is 0 Å². The molecule has 0 heterocycles. The van der Waals surface area contributed by atoms with Gasteiger partial charge in [0.15, 0.2) is 6.10 Å². The minimum Gasteiger partial charge on any atom is -0.462 e. The molecule has 1 unspecified atom stereocenters. The number of ether oxygens (including phenoxy) is 3. The van der Waals surface area contributed by atoms with E-state index in [1.807, 2.05) is 6.08 Å². The number of hydrogen-bond donors (Lipinski definition) is 0. The van der Waals surface area contributed by atoms with Gasteiger partial charge in [0.1, 0.15) is 13.2 Å². The number of carbonyl (C=O) groups excluding carboxylic acids is 3. The highest BCUT2D eigenvalue weighted by molar-refractivity contribution is 5.72. The molecule has 0 aromatic carbocycles. The zero-order valence-electron chi connectivity index (χ0n) is 50.0. The molecule has 0 fully saturated rings. The Bertz CT molecular complexity index is 1490. The van der Waals surface area contributed by atoms with Gasteiger partial charge in [-0.05, 0) is 103 Å². The first-order valence-electron chi connectivity index (χ1n) is 32.2. The van der Waals surface area contributed by atoms with Crippen molar-refractivity contribution in [2.24, 2.45) is 0 Å². The number of carbonyl (C=O) groups is 3. The molecule has 0 aliphatic heterocycles. The molecule has 436 valence electrons. The fourth-order valence-electron chi connectivity index (χ4n) is 9.01. The largest absolute Gasteiger partial charge is 0.462 e. The molecule has 0 N–H and O–H groups in total. The summed E-state index contributed by atoms with van der Waals surface area (Å²) in [6.07, 6.45) is 85.9. The normalized spacial score (nSPS) is 12.7. The van der Waals surface area contributed by atoms with E-state index in [1.54, 1.807) is 6.08 Å². The Balaban J connectivity index is 4.39. The molecule has 0 spiro atoms. The molecule has 6 nitrogen and oxygen atoms in total. The van der Waals surface area contributed by atoms with Crippen molar-refractivity contribution in [1.82, 2.24) is 0 Å². The first-order valence-corrected chi connectivity index (χ1v) is 32.2. The van der Waals surface area contributed by atoms with Crippen LogP contribution in [0.25, 0.3) is 0 Å². The second-order valence-corrected chi connectivity index (χ2v) is 21.3. The van der Waals surface area contributed by atoms with E-state index in [0.717, 1.165) is 77.0 Å². The van der Waals surface area contributed by atoms with Gasteiger partial charge in [0.2, 0.25) is 0 Å². The van der Waals surface area contributed by atoms with Crippen molar-refractivity contribution in [1.29, 1.82) is 0 Å². The summed E-state index contributed by atoms with van der Waals surface area (Å²) in [6.45, 7) is 6.45. The van der Waals surface area contributed by atoms with Gasteiger partial charge in [-0.3, -0.25) is 14.4 Å². The van der Waals surface area contributed by atoms with Gasteiger partial charge in [-0.1, -0.05) is 285 Å². The summed E-state index contributed by atoms with van der Waals surface area (Å²) in [5.74, 6) is -1.04. The molecule has 0 aliphatic carbocycles. The van der Waals surface area contributed by atoms with Crippen LogP contribution in [0.4, 0.5) is 0 Å². The smallest absolute Gasteiger partial charge is 0.309 e. The van der Waals surface area contributed by atoms with Gasteiger partial charge in [0.05, 0.1) is 6.42 Å². The fraction of sp³-hybridized carbons (Fsp3) is 0.729. The summed E-state index contributed by atoms with van der Waals surface area (Å²) in [7, 11) is 0. The molecule has 0 amide bonds. The molecule has 0 saturated heterocycles. The lowest BCUT2D eigenvalue weighted by Crippen LogP contribution is -2.30. The van der Waals surface area contributed by atoms with Crippen LogP contribution in [0.5, 0.6) is 0 Å². The zero-order chi connectivity index (χ0) is 55.0. The van der Waals surface area contributed by atoms with Crippen LogP contribution in [-0.2, 0) is 28.6 Å². The van der Waals surface area contributed by atoms with Crippen LogP contribution in [-0.4, -0.2) is 37.2 Å². The quantitative estimate of drug-likeness (QED) is 0.0261. The number of esters is 3.